The van der Waals surface area contributed by atoms with Crippen LogP contribution in [0.4, 0.5) is 0 Å². The summed E-state index contributed by atoms with van der Waals surface area (Å²) in [5, 5.41) is 8.74. The lowest BCUT2D eigenvalue weighted by Crippen LogP contribution is -2.08. The number of carboxylic acids is 1. The van der Waals surface area contributed by atoms with Gasteiger partial charge >= 0.3 is 5.97 Å². The molecule has 0 aliphatic rings. The molecule has 2 aromatic rings. The van der Waals surface area contributed by atoms with Crippen molar-refractivity contribution in [2.45, 2.75) is 10.2 Å². The maximum absolute atomic E-state index is 10.6. The Morgan fingerprint density at radius 2 is 2.11 bits per heavy atom. The normalized spacial score (nSPS) is 12.0. The molecule has 0 amide bonds. The van der Waals surface area contributed by atoms with Gasteiger partial charge in [-0.2, -0.15) is 0 Å². The van der Waals surface area contributed by atoms with E-state index in [1.165, 1.54) is 0 Å². The van der Waals surface area contributed by atoms with Crippen molar-refractivity contribution in [2.75, 3.05) is 0 Å². The van der Waals surface area contributed by atoms with Gasteiger partial charge in [0.2, 0.25) is 3.79 Å². The Bertz CT molecular complexity index is 617. The van der Waals surface area contributed by atoms with Gasteiger partial charge in [-0.3, -0.25) is 4.79 Å². The highest BCUT2D eigenvalue weighted by molar-refractivity contribution is 6.66. The minimum absolute atomic E-state index is 0.0599. The quantitative estimate of drug-likeness (QED) is 0.868. The van der Waals surface area contributed by atoms with Gasteiger partial charge in [0.15, 0.2) is 5.82 Å². The largest absolute Gasteiger partial charge is 0.481 e. The number of aliphatic carboxylic acids is 1. The van der Waals surface area contributed by atoms with E-state index in [9.17, 15) is 4.79 Å². The zero-order valence-corrected chi connectivity index (χ0v) is 11.6. The highest BCUT2D eigenvalue weighted by Gasteiger charge is 2.29. The van der Waals surface area contributed by atoms with Crippen molar-refractivity contribution in [3.8, 4) is 0 Å². The molecule has 1 aromatic carbocycles. The molecule has 18 heavy (non-hydrogen) atoms. The van der Waals surface area contributed by atoms with Crippen molar-refractivity contribution < 1.29 is 9.90 Å². The molecular formula is C11H9Cl3N2O2. The van der Waals surface area contributed by atoms with E-state index < -0.39 is 9.76 Å². The van der Waals surface area contributed by atoms with Crippen LogP contribution in [-0.2, 0) is 22.1 Å². The van der Waals surface area contributed by atoms with Crippen LogP contribution in [0.2, 0.25) is 0 Å². The molecule has 0 fully saturated rings. The molecule has 2 rings (SSSR count). The van der Waals surface area contributed by atoms with E-state index in [2.05, 4.69) is 4.98 Å². The molecule has 4 nitrogen and oxygen atoms in total. The van der Waals surface area contributed by atoms with Gasteiger partial charge in [-0.25, -0.2) is 4.98 Å². The van der Waals surface area contributed by atoms with Crippen molar-refractivity contribution in [3.05, 3.63) is 29.6 Å². The molecule has 0 unspecified atom stereocenters. The van der Waals surface area contributed by atoms with Crippen LogP contribution in [0.1, 0.15) is 11.4 Å². The van der Waals surface area contributed by atoms with Gasteiger partial charge in [0, 0.05) is 7.05 Å². The Kier molecular flexibility index (Phi) is 3.45. The number of aryl methyl sites for hydroxylation is 1. The molecule has 0 spiro atoms. The van der Waals surface area contributed by atoms with Crippen LogP contribution >= 0.6 is 34.8 Å². The Balaban J connectivity index is 2.55. The summed E-state index contributed by atoms with van der Waals surface area (Å²) in [5.74, 6) is -0.596. The van der Waals surface area contributed by atoms with Gasteiger partial charge in [0.1, 0.15) is 0 Å². The first-order chi connectivity index (χ1) is 8.29. The predicted octanol–water partition coefficient (Wildman–Crippen LogP) is 3.03. The monoisotopic (exact) mass is 306 g/mol. The summed E-state index contributed by atoms with van der Waals surface area (Å²) in [4.78, 5) is 14.9. The molecule has 1 heterocycles. The first-order valence-corrected chi connectivity index (χ1v) is 6.17. The second-order valence-electron chi connectivity index (χ2n) is 3.89. The van der Waals surface area contributed by atoms with Crippen LogP contribution in [0.3, 0.4) is 0 Å². The summed E-state index contributed by atoms with van der Waals surface area (Å²) in [6.45, 7) is 0. The average molecular weight is 308 g/mol. The fourth-order valence-electron chi connectivity index (χ4n) is 1.78. The number of benzene rings is 1. The van der Waals surface area contributed by atoms with Crippen LogP contribution in [-0.4, -0.2) is 20.6 Å². The van der Waals surface area contributed by atoms with Crippen LogP contribution in [0, 0.1) is 0 Å². The van der Waals surface area contributed by atoms with E-state index in [0.29, 0.717) is 16.9 Å². The van der Waals surface area contributed by atoms with Crippen molar-refractivity contribution in [1.82, 2.24) is 9.55 Å². The summed E-state index contributed by atoms with van der Waals surface area (Å²) in [6, 6.07) is 5.17. The fourth-order valence-corrected chi connectivity index (χ4v) is 2.29. The molecule has 0 radical (unpaired) electrons. The molecule has 7 heteroatoms. The maximum atomic E-state index is 10.6. The predicted molar refractivity (Wildman–Crippen MR) is 71.3 cm³/mol. The number of fused-ring (bicyclic) bond motifs is 1. The minimum atomic E-state index is -1.61. The molecule has 0 saturated heterocycles. The molecule has 0 atom stereocenters. The summed E-state index contributed by atoms with van der Waals surface area (Å²) in [6.07, 6.45) is -0.0599. The van der Waals surface area contributed by atoms with Gasteiger partial charge in [0.05, 0.1) is 17.5 Å². The van der Waals surface area contributed by atoms with Crippen molar-refractivity contribution >= 4 is 51.8 Å². The lowest BCUT2D eigenvalue weighted by molar-refractivity contribution is -0.136. The Hall–Kier alpha value is -0.970. The Morgan fingerprint density at radius 1 is 1.44 bits per heavy atom. The fraction of sp³-hybridized carbons (Fsp3) is 0.273. The second kappa shape index (κ2) is 4.61. The van der Waals surface area contributed by atoms with Crippen LogP contribution in [0.15, 0.2) is 18.2 Å². The van der Waals surface area contributed by atoms with E-state index in [4.69, 9.17) is 39.9 Å². The Morgan fingerprint density at radius 3 is 2.67 bits per heavy atom. The van der Waals surface area contributed by atoms with Crippen molar-refractivity contribution in [1.29, 1.82) is 0 Å². The van der Waals surface area contributed by atoms with E-state index >= 15 is 0 Å². The number of carbonyl (C=O) groups is 1. The number of alkyl halides is 3. The number of aromatic nitrogens is 2. The van der Waals surface area contributed by atoms with Crippen molar-refractivity contribution in [3.63, 3.8) is 0 Å². The van der Waals surface area contributed by atoms with Gasteiger partial charge in [-0.15, -0.1) is 0 Å². The van der Waals surface area contributed by atoms with Gasteiger partial charge in [0.25, 0.3) is 0 Å². The van der Waals surface area contributed by atoms with E-state index in [0.717, 1.165) is 5.52 Å². The second-order valence-corrected chi connectivity index (χ2v) is 6.17. The number of hydrogen-bond acceptors (Lipinski definition) is 2. The summed E-state index contributed by atoms with van der Waals surface area (Å²) < 4.78 is 0.0631. The van der Waals surface area contributed by atoms with Crippen molar-refractivity contribution in [2.24, 2.45) is 7.05 Å². The third-order valence-electron chi connectivity index (χ3n) is 2.55. The third-order valence-corrected chi connectivity index (χ3v) is 3.06. The van der Waals surface area contributed by atoms with Crippen LogP contribution in [0.25, 0.3) is 11.0 Å². The smallest absolute Gasteiger partial charge is 0.307 e. The zero-order valence-electron chi connectivity index (χ0n) is 9.32. The van der Waals surface area contributed by atoms with Crippen LogP contribution in [0.5, 0.6) is 0 Å². The maximum Gasteiger partial charge on any atom is 0.307 e. The number of nitrogens with zero attached hydrogens (tertiary/aromatic N) is 2. The molecule has 1 aromatic heterocycles. The molecule has 0 aliphatic heterocycles. The first-order valence-electron chi connectivity index (χ1n) is 5.03. The SMILES string of the molecule is Cn1c(C(Cl)(Cl)Cl)nc2cc(CC(=O)O)ccc21. The van der Waals surface area contributed by atoms with Gasteiger partial charge in [-0.05, 0) is 17.7 Å². The summed E-state index contributed by atoms with van der Waals surface area (Å²) >= 11 is 17.4. The topological polar surface area (TPSA) is 55.1 Å². The number of rotatable bonds is 2. The summed E-state index contributed by atoms with van der Waals surface area (Å²) in [5.41, 5.74) is 2.05. The van der Waals surface area contributed by atoms with Crippen LogP contribution < -0.4 is 0 Å². The molecule has 0 aliphatic carbocycles. The number of hydrogen-bond donors (Lipinski definition) is 1. The number of carboxylic acid groups (broad SMARTS) is 1. The van der Waals surface area contributed by atoms with E-state index in [1.54, 1.807) is 29.8 Å². The number of imidazole rings is 1. The molecule has 0 saturated carbocycles. The highest BCUT2D eigenvalue weighted by atomic mass is 35.6. The Labute approximate surface area is 118 Å². The number of halogens is 3. The zero-order chi connectivity index (χ0) is 13.5. The minimum Gasteiger partial charge on any atom is -0.481 e. The van der Waals surface area contributed by atoms with E-state index in [-0.39, 0.29) is 6.42 Å². The first kappa shape index (κ1) is 13.5. The average Bonchev–Trinajstić information content (AvgIpc) is 2.54. The van der Waals surface area contributed by atoms with Gasteiger partial charge in [-0.1, -0.05) is 40.9 Å². The third kappa shape index (κ3) is 2.55. The van der Waals surface area contributed by atoms with Gasteiger partial charge < -0.3 is 9.67 Å². The molecule has 0 bridgehead atoms. The molecule has 1 N–H and O–H groups in total. The summed E-state index contributed by atoms with van der Waals surface area (Å²) in [7, 11) is 1.74. The molecule has 96 valence electrons. The molecular weight excluding hydrogens is 298 g/mol. The standard InChI is InChI=1S/C11H9Cl3N2O2/c1-16-8-3-2-6(5-9(17)18)4-7(8)15-10(16)11(12,13)14/h2-4H,5H2,1H3,(H,17,18). The van der Waals surface area contributed by atoms with E-state index in [1.807, 2.05) is 0 Å². The highest BCUT2D eigenvalue weighted by Crippen LogP contribution is 2.38. The lowest BCUT2D eigenvalue weighted by Gasteiger charge is -2.09. The lowest BCUT2D eigenvalue weighted by atomic mass is 10.1.